The summed E-state index contributed by atoms with van der Waals surface area (Å²) in [4.78, 5) is 14.4. The van der Waals surface area contributed by atoms with E-state index < -0.39 is 0 Å². The summed E-state index contributed by atoms with van der Waals surface area (Å²) in [5.41, 5.74) is 4.79. The average Bonchev–Trinajstić information content (AvgIpc) is 2.84. The molecule has 5 heteroatoms. The molecule has 0 bridgehead atoms. The first kappa shape index (κ1) is 12.7. The number of aromatic amines is 1. The number of hydrogen-bond donors (Lipinski definition) is 1. The number of benzene rings is 1. The third kappa shape index (κ3) is 2.16. The van der Waals surface area contributed by atoms with Crippen LogP contribution in [0.25, 0.3) is 10.9 Å². The van der Waals surface area contributed by atoms with Gasteiger partial charge < -0.3 is 9.88 Å². The van der Waals surface area contributed by atoms with Gasteiger partial charge in [0.15, 0.2) is 0 Å². The zero-order chi connectivity index (χ0) is 14.4. The van der Waals surface area contributed by atoms with E-state index in [4.69, 9.17) is 11.6 Å². The zero-order valence-corrected chi connectivity index (χ0v) is 12.5. The Morgan fingerprint density at radius 3 is 3.00 bits per heavy atom. The molecule has 1 aliphatic heterocycles. The van der Waals surface area contributed by atoms with Gasteiger partial charge in [0.05, 0.1) is 0 Å². The van der Waals surface area contributed by atoms with Gasteiger partial charge in [0, 0.05) is 58.5 Å². The van der Waals surface area contributed by atoms with E-state index in [0.29, 0.717) is 0 Å². The second kappa shape index (κ2) is 4.74. The van der Waals surface area contributed by atoms with E-state index in [9.17, 15) is 0 Å². The first-order valence-corrected chi connectivity index (χ1v) is 7.41. The molecule has 3 aromatic rings. The van der Waals surface area contributed by atoms with E-state index in [-0.39, 0.29) is 0 Å². The van der Waals surface area contributed by atoms with Crippen LogP contribution in [0.1, 0.15) is 17.0 Å². The summed E-state index contributed by atoms with van der Waals surface area (Å²) in [5.74, 6) is 0.990. The average molecular weight is 299 g/mol. The van der Waals surface area contributed by atoms with Crippen LogP contribution in [0.3, 0.4) is 0 Å². The smallest absolute Gasteiger partial charge is 0.132 e. The van der Waals surface area contributed by atoms with Crippen molar-refractivity contribution in [3.8, 4) is 0 Å². The summed E-state index contributed by atoms with van der Waals surface area (Å²) >= 11 is 6.14. The van der Waals surface area contributed by atoms with Crippen molar-refractivity contribution in [2.45, 2.75) is 19.9 Å². The van der Waals surface area contributed by atoms with Gasteiger partial charge in [-0.1, -0.05) is 11.6 Å². The maximum Gasteiger partial charge on any atom is 0.132 e. The number of anilines is 1. The molecular formula is C16H15ClN4. The molecule has 1 aromatic carbocycles. The number of aryl methyl sites for hydroxylation is 1. The summed E-state index contributed by atoms with van der Waals surface area (Å²) in [7, 11) is 0. The van der Waals surface area contributed by atoms with Gasteiger partial charge in [-0.25, -0.2) is 9.97 Å². The molecule has 0 atom stereocenters. The predicted octanol–water partition coefficient (Wildman–Crippen LogP) is 3.48. The largest absolute Gasteiger partial charge is 0.358 e. The number of fused-ring (bicyclic) bond motifs is 3. The Morgan fingerprint density at radius 1 is 1.24 bits per heavy atom. The van der Waals surface area contributed by atoms with E-state index in [1.807, 2.05) is 25.1 Å². The van der Waals surface area contributed by atoms with Gasteiger partial charge in [0.25, 0.3) is 0 Å². The molecular weight excluding hydrogens is 284 g/mol. The minimum atomic E-state index is 0.777. The van der Waals surface area contributed by atoms with Crippen molar-refractivity contribution in [1.82, 2.24) is 15.0 Å². The fraction of sp³-hybridized carbons (Fsp3) is 0.250. The number of H-pyrrole nitrogens is 1. The lowest BCUT2D eigenvalue weighted by Crippen LogP contribution is -2.30. The van der Waals surface area contributed by atoms with Crippen LogP contribution in [-0.4, -0.2) is 21.5 Å². The molecule has 0 radical (unpaired) electrons. The number of nitrogens with one attached hydrogen (secondary N) is 1. The summed E-state index contributed by atoms with van der Waals surface area (Å²) < 4.78 is 0. The summed E-state index contributed by atoms with van der Waals surface area (Å²) in [5, 5.41) is 1.99. The Hall–Kier alpha value is -2.07. The van der Waals surface area contributed by atoms with Crippen molar-refractivity contribution < 1.29 is 0 Å². The van der Waals surface area contributed by atoms with E-state index >= 15 is 0 Å². The van der Waals surface area contributed by atoms with Crippen molar-refractivity contribution >= 4 is 28.3 Å². The van der Waals surface area contributed by atoms with Crippen molar-refractivity contribution in [3.05, 3.63) is 52.6 Å². The highest BCUT2D eigenvalue weighted by molar-refractivity contribution is 6.31. The molecule has 21 heavy (non-hydrogen) atoms. The number of halogens is 1. The van der Waals surface area contributed by atoms with Gasteiger partial charge in [-0.3, -0.25) is 0 Å². The summed E-state index contributed by atoms with van der Waals surface area (Å²) in [6.45, 7) is 3.81. The Bertz CT molecular complexity index is 824. The maximum atomic E-state index is 6.14. The third-order valence-electron chi connectivity index (χ3n) is 4.05. The highest BCUT2D eigenvalue weighted by atomic mass is 35.5. The van der Waals surface area contributed by atoms with Crippen LogP contribution in [0, 0.1) is 6.92 Å². The predicted molar refractivity (Wildman–Crippen MR) is 84.8 cm³/mol. The van der Waals surface area contributed by atoms with Gasteiger partial charge in [-0.2, -0.15) is 0 Å². The standard InChI is InChI=1S/C16H15ClN4/c1-10-6-16(19-9-18-10)21-5-4-15-13(8-21)12-7-11(17)2-3-14(12)20-15/h2-3,6-7,9,20H,4-5,8H2,1H3. The molecule has 4 nitrogen and oxygen atoms in total. The first-order chi connectivity index (χ1) is 10.2. The van der Waals surface area contributed by atoms with E-state index in [1.165, 1.54) is 16.6 Å². The Balaban J connectivity index is 1.77. The number of hydrogen-bond acceptors (Lipinski definition) is 3. The van der Waals surface area contributed by atoms with Crippen LogP contribution in [0.5, 0.6) is 0 Å². The van der Waals surface area contributed by atoms with Crippen molar-refractivity contribution in [2.24, 2.45) is 0 Å². The van der Waals surface area contributed by atoms with Crippen molar-refractivity contribution in [3.63, 3.8) is 0 Å². The van der Waals surface area contributed by atoms with Crippen LogP contribution < -0.4 is 4.90 Å². The van der Waals surface area contributed by atoms with Crippen LogP contribution >= 0.6 is 11.6 Å². The lowest BCUT2D eigenvalue weighted by molar-refractivity contribution is 0.713. The number of nitrogens with zero attached hydrogens (tertiary/aromatic N) is 3. The third-order valence-corrected chi connectivity index (χ3v) is 4.29. The molecule has 4 rings (SSSR count). The van der Waals surface area contributed by atoms with Crippen LogP contribution in [0.15, 0.2) is 30.6 Å². The lowest BCUT2D eigenvalue weighted by atomic mass is 10.0. The molecule has 0 saturated heterocycles. The molecule has 0 saturated carbocycles. The van der Waals surface area contributed by atoms with Gasteiger partial charge >= 0.3 is 0 Å². The first-order valence-electron chi connectivity index (χ1n) is 7.03. The Labute approximate surface area is 127 Å². The van der Waals surface area contributed by atoms with E-state index in [0.717, 1.165) is 41.6 Å². The Morgan fingerprint density at radius 2 is 2.14 bits per heavy atom. The monoisotopic (exact) mass is 298 g/mol. The lowest BCUT2D eigenvalue weighted by Gasteiger charge is -2.28. The van der Waals surface area contributed by atoms with Gasteiger partial charge in [0.1, 0.15) is 12.1 Å². The molecule has 106 valence electrons. The molecule has 0 aliphatic carbocycles. The van der Waals surface area contributed by atoms with Crippen LogP contribution in [0.4, 0.5) is 5.82 Å². The van der Waals surface area contributed by atoms with Gasteiger partial charge in [-0.15, -0.1) is 0 Å². The molecule has 3 heterocycles. The summed E-state index contributed by atoms with van der Waals surface area (Å²) in [6.07, 6.45) is 2.62. The van der Waals surface area contributed by atoms with Gasteiger partial charge in [-0.05, 0) is 25.1 Å². The SMILES string of the molecule is Cc1cc(N2CCc3[nH]c4ccc(Cl)cc4c3C2)ncn1. The molecule has 0 spiro atoms. The highest BCUT2D eigenvalue weighted by Gasteiger charge is 2.21. The zero-order valence-electron chi connectivity index (χ0n) is 11.7. The van der Waals surface area contributed by atoms with Crippen molar-refractivity contribution in [2.75, 3.05) is 11.4 Å². The van der Waals surface area contributed by atoms with Crippen molar-refractivity contribution in [1.29, 1.82) is 0 Å². The van der Waals surface area contributed by atoms with E-state index in [2.05, 4.69) is 25.9 Å². The minimum absolute atomic E-state index is 0.777. The topological polar surface area (TPSA) is 44.8 Å². The van der Waals surface area contributed by atoms with Gasteiger partial charge in [0.2, 0.25) is 0 Å². The maximum absolute atomic E-state index is 6.14. The quantitative estimate of drug-likeness (QED) is 0.748. The number of rotatable bonds is 1. The van der Waals surface area contributed by atoms with Crippen LogP contribution in [0.2, 0.25) is 5.02 Å². The van der Waals surface area contributed by atoms with Crippen LogP contribution in [-0.2, 0) is 13.0 Å². The molecule has 0 unspecified atom stereocenters. The second-order valence-corrected chi connectivity index (χ2v) is 5.90. The second-order valence-electron chi connectivity index (χ2n) is 5.46. The minimum Gasteiger partial charge on any atom is -0.358 e. The molecule has 2 aromatic heterocycles. The fourth-order valence-corrected chi connectivity index (χ4v) is 3.17. The number of aromatic nitrogens is 3. The van der Waals surface area contributed by atoms with E-state index in [1.54, 1.807) is 6.33 Å². The molecule has 0 fully saturated rings. The molecule has 1 aliphatic rings. The molecule has 1 N–H and O–H groups in total. The Kier molecular flexibility index (Phi) is 2.86. The fourth-order valence-electron chi connectivity index (χ4n) is 3.00. The normalized spacial score (nSPS) is 14.5. The highest BCUT2D eigenvalue weighted by Crippen LogP contribution is 2.31. The summed E-state index contributed by atoms with van der Waals surface area (Å²) in [6, 6.07) is 8.06. The molecule has 0 amide bonds.